The molecule has 3 rings (SSSR count). The van der Waals surface area contributed by atoms with E-state index in [4.69, 9.17) is 11.6 Å². The highest BCUT2D eigenvalue weighted by atomic mass is 35.5. The molecule has 2 aromatic rings. The summed E-state index contributed by atoms with van der Waals surface area (Å²) >= 11 is 6.14. The van der Waals surface area contributed by atoms with Crippen molar-refractivity contribution >= 4 is 22.6 Å². The Labute approximate surface area is 130 Å². The van der Waals surface area contributed by atoms with Crippen LogP contribution in [0.5, 0.6) is 0 Å². The third-order valence-corrected chi connectivity index (χ3v) is 4.92. The first kappa shape index (κ1) is 14.4. The molecule has 1 aromatic carbocycles. The van der Waals surface area contributed by atoms with Crippen LogP contribution in [0.3, 0.4) is 0 Å². The minimum atomic E-state index is 0.392. The lowest BCUT2D eigenvalue weighted by atomic mass is 9.96. The number of fused-ring (bicyclic) bond motifs is 1. The Hall–Kier alpha value is -1.53. The Bertz CT molecular complexity index is 683. The van der Waals surface area contributed by atoms with Crippen LogP contribution in [0, 0.1) is 17.2 Å². The number of imidazole rings is 1. The summed E-state index contributed by atoms with van der Waals surface area (Å²) in [6.07, 6.45) is 6.31. The Morgan fingerprint density at radius 3 is 2.90 bits per heavy atom. The van der Waals surface area contributed by atoms with Gasteiger partial charge in [0.05, 0.1) is 17.0 Å². The number of para-hydroxylation sites is 1. The van der Waals surface area contributed by atoms with Crippen molar-refractivity contribution in [2.75, 3.05) is 0 Å². The second-order valence-corrected chi connectivity index (χ2v) is 6.27. The summed E-state index contributed by atoms with van der Waals surface area (Å²) in [6, 6.07) is 8.52. The number of benzene rings is 1. The van der Waals surface area contributed by atoms with Gasteiger partial charge in [-0.25, -0.2) is 4.98 Å². The lowest BCUT2D eigenvalue weighted by Crippen LogP contribution is -2.18. The lowest BCUT2D eigenvalue weighted by Gasteiger charge is -2.25. The van der Waals surface area contributed by atoms with E-state index in [2.05, 4.69) is 28.6 Å². The van der Waals surface area contributed by atoms with Crippen LogP contribution in [-0.2, 0) is 5.88 Å². The number of aromatic nitrogens is 2. The van der Waals surface area contributed by atoms with Crippen LogP contribution in [0.25, 0.3) is 11.0 Å². The molecule has 2 unspecified atom stereocenters. The molecule has 110 valence electrons. The smallest absolute Gasteiger partial charge is 0.125 e. The van der Waals surface area contributed by atoms with Crippen LogP contribution >= 0.6 is 11.6 Å². The van der Waals surface area contributed by atoms with Gasteiger partial charge in [0.1, 0.15) is 17.4 Å². The van der Waals surface area contributed by atoms with E-state index in [1.54, 1.807) is 0 Å². The fraction of sp³-hybridized carbons (Fsp3) is 0.529. The molecule has 0 bridgehead atoms. The Morgan fingerprint density at radius 2 is 2.14 bits per heavy atom. The van der Waals surface area contributed by atoms with Gasteiger partial charge in [-0.1, -0.05) is 32.3 Å². The fourth-order valence-corrected chi connectivity index (χ4v) is 3.77. The predicted molar refractivity (Wildman–Crippen MR) is 85.3 cm³/mol. The molecule has 2 atom stereocenters. The maximum atomic E-state index is 9.28. The van der Waals surface area contributed by atoms with Crippen molar-refractivity contribution in [1.29, 1.82) is 5.26 Å². The van der Waals surface area contributed by atoms with Crippen LogP contribution in [-0.4, -0.2) is 9.55 Å². The van der Waals surface area contributed by atoms with E-state index in [0.29, 0.717) is 23.4 Å². The maximum absolute atomic E-state index is 9.28. The molecule has 1 aromatic heterocycles. The maximum Gasteiger partial charge on any atom is 0.125 e. The van der Waals surface area contributed by atoms with Crippen LogP contribution in [0.2, 0.25) is 0 Å². The van der Waals surface area contributed by atoms with Crippen molar-refractivity contribution < 1.29 is 0 Å². The average Bonchev–Trinajstić information content (AvgIpc) is 2.76. The van der Waals surface area contributed by atoms with Gasteiger partial charge in [-0.15, -0.1) is 11.6 Å². The molecular formula is C17H20ClN3. The minimum absolute atomic E-state index is 0.392. The molecule has 1 aliphatic rings. The van der Waals surface area contributed by atoms with Gasteiger partial charge < -0.3 is 4.57 Å². The monoisotopic (exact) mass is 301 g/mol. The van der Waals surface area contributed by atoms with Crippen LogP contribution in [0.4, 0.5) is 0 Å². The molecule has 0 radical (unpaired) electrons. The summed E-state index contributed by atoms with van der Waals surface area (Å²) in [7, 11) is 0. The van der Waals surface area contributed by atoms with Gasteiger partial charge in [0.2, 0.25) is 0 Å². The highest BCUT2D eigenvalue weighted by Crippen LogP contribution is 2.36. The third kappa shape index (κ3) is 2.53. The molecule has 0 amide bonds. The largest absolute Gasteiger partial charge is 0.324 e. The zero-order valence-corrected chi connectivity index (χ0v) is 13.1. The second-order valence-electron chi connectivity index (χ2n) is 6.00. The molecule has 1 saturated carbocycles. The zero-order chi connectivity index (χ0) is 14.8. The van der Waals surface area contributed by atoms with E-state index in [0.717, 1.165) is 16.9 Å². The van der Waals surface area contributed by atoms with Gasteiger partial charge in [-0.3, -0.25) is 0 Å². The molecule has 0 aliphatic heterocycles. The second kappa shape index (κ2) is 6.07. The Morgan fingerprint density at radius 1 is 1.33 bits per heavy atom. The summed E-state index contributed by atoms with van der Waals surface area (Å²) in [6.45, 7) is 2.33. The Balaban J connectivity index is 2.18. The standard InChI is InChI=1S/C17H20ClN3/c1-12-6-3-2-4-8-14(12)21-15-9-5-7-13(11-19)17(15)20-16(21)10-18/h5,7,9,12,14H,2-4,6,8,10H2,1H3. The van der Waals surface area contributed by atoms with Crippen LogP contribution < -0.4 is 0 Å². The van der Waals surface area contributed by atoms with Crippen molar-refractivity contribution in [3.63, 3.8) is 0 Å². The molecule has 1 heterocycles. The number of nitriles is 1. The van der Waals surface area contributed by atoms with E-state index in [1.807, 2.05) is 12.1 Å². The molecule has 4 heteroatoms. The van der Waals surface area contributed by atoms with E-state index in [9.17, 15) is 5.26 Å². The number of hydrogen-bond donors (Lipinski definition) is 0. The minimum Gasteiger partial charge on any atom is -0.324 e. The average molecular weight is 302 g/mol. The SMILES string of the molecule is CC1CCCCCC1n1c(CCl)nc2c(C#N)cccc21. The molecule has 0 saturated heterocycles. The van der Waals surface area contributed by atoms with Gasteiger partial charge >= 0.3 is 0 Å². The summed E-state index contributed by atoms with van der Waals surface area (Å²) < 4.78 is 2.30. The quantitative estimate of drug-likeness (QED) is 0.591. The van der Waals surface area contributed by atoms with Crippen molar-refractivity contribution in [3.8, 4) is 6.07 Å². The molecule has 21 heavy (non-hydrogen) atoms. The van der Waals surface area contributed by atoms with Gasteiger partial charge in [0.25, 0.3) is 0 Å². The highest BCUT2D eigenvalue weighted by molar-refractivity contribution is 6.16. The number of rotatable bonds is 2. The van der Waals surface area contributed by atoms with Gasteiger partial charge in [0, 0.05) is 6.04 Å². The fourth-order valence-electron chi connectivity index (χ4n) is 3.58. The lowest BCUT2D eigenvalue weighted by molar-refractivity contribution is 0.335. The number of halogens is 1. The zero-order valence-electron chi connectivity index (χ0n) is 12.3. The first-order valence-corrected chi connectivity index (χ1v) is 8.25. The molecule has 3 nitrogen and oxygen atoms in total. The molecule has 1 fully saturated rings. The first-order chi connectivity index (χ1) is 10.3. The predicted octanol–water partition coefficient (Wildman–Crippen LogP) is 4.79. The third-order valence-electron chi connectivity index (χ3n) is 4.68. The summed E-state index contributed by atoms with van der Waals surface area (Å²) in [5.41, 5.74) is 2.49. The van der Waals surface area contributed by atoms with Crippen molar-refractivity contribution in [2.45, 2.75) is 50.9 Å². The normalized spacial score (nSPS) is 22.9. The topological polar surface area (TPSA) is 41.6 Å². The van der Waals surface area contributed by atoms with Crippen LogP contribution in [0.15, 0.2) is 18.2 Å². The number of nitrogens with zero attached hydrogens (tertiary/aromatic N) is 3. The Kier molecular flexibility index (Phi) is 4.17. The summed E-state index contributed by atoms with van der Waals surface area (Å²) in [4.78, 5) is 4.65. The number of hydrogen-bond acceptors (Lipinski definition) is 2. The summed E-state index contributed by atoms with van der Waals surface area (Å²) in [5.74, 6) is 1.91. The molecule has 0 N–H and O–H groups in total. The van der Waals surface area contributed by atoms with Crippen molar-refractivity contribution in [2.24, 2.45) is 5.92 Å². The van der Waals surface area contributed by atoms with Gasteiger partial charge in [0.15, 0.2) is 0 Å². The molecule has 1 aliphatic carbocycles. The van der Waals surface area contributed by atoms with Crippen LogP contribution in [0.1, 0.15) is 56.5 Å². The van der Waals surface area contributed by atoms with Crippen molar-refractivity contribution in [3.05, 3.63) is 29.6 Å². The number of alkyl halides is 1. The molecular weight excluding hydrogens is 282 g/mol. The van der Waals surface area contributed by atoms with Crippen molar-refractivity contribution in [1.82, 2.24) is 9.55 Å². The van der Waals surface area contributed by atoms with Gasteiger partial charge in [-0.05, 0) is 30.9 Å². The van der Waals surface area contributed by atoms with E-state index >= 15 is 0 Å². The van der Waals surface area contributed by atoms with E-state index in [-0.39, 0.29) is 0 Å². The van der Waals surface area contributed by atoms with Gasteiger partial charge in [-0.2, -0.15) is 5.26 Å². The highest BCUT2D eigenvalue weighted by Gasteiger charge is 2.26. The van der Waals surface area contributed by atoms with E-state index in [1.165, 1.54) is 32.1 Å². The van der Waals surface area contributed by atoms with E-state index < -0.39 is 0 Å². The summed E-state index contributed by atoms with van der Waals surface area (Å²) in [5, 5.41) is 9.28. The molecule has 0 spiro atoms. The first-order valence-electron chi connectivity index (χ1n) is 7.72.